The zero-order valence-electron chi connectivity index (χ0n) is 13.1. The number of sulfone groups is 1. The third kappa shape index (κ3) is 7.31. The van der Waals surface area contributed by atoms with E-state index in [9.17, 15) is 26.4 Å². The summed E-state index contributed by atoms with van der Waals surface area (Å²) < 4.78 is 63.9. The van der Waals surface area contributed by atoms with Gasteiger partial charge in [0.1, 0.15) is 32.3 Å². The number of pyridine rings is 1. The lowest BCUT2D eigenvalue weighted by Crippen LogP contribution is -2.48. The third-order valence-electron chi connectivity index (χ3n) is 2.69. The first-order valence-corrected chi connectivity index (χ1v) is 9.07. The van der Waals surface area contributed by atoms with Crippen molar-refractivity contribution in [1.29, 1.82) is 0 Å². The van der Waals surface area contributed by atoms with E-state index >= 15 is 0 Å². The van der Waals surface area contributed by atoms with Gasteiger partial charge in [0.05, 0.1) is 11.9 Å². The maximum absolute atomic E-state index is 12.2. The average molecular weight is 419 g/mol. The molecule has 0 radical (unpaired) electrons. The van der Waals surface area contributed by atoms with Gasteiger partial charge in [0.15, 0.2) is 12.4 Å². The SMILES string of the molecule is CS(=O)(=O)CC(NC(=O)c1cc(OCC(F)(F)F)c(Cl)cn1)C(N)=NO. The standard InChI is InChI=1S/C12H14ClF3N4O5S/c1-26(23,24)4-8(10(17)20-22)19-11(21)7-2-9(6(13)3-18-7)25-5-12(14,15)16/h2-3,8,22H,4-5H2,1H3,(H2,17,20)(H,19,21). The van der Waals surface area contributed by atoms with E-state index < -0.39 is 57.6 Å². The number of halogens is 4. The van der Waals surface area contributed by atoms with Crippen LogP contribution in [0.4, 0.5) is 13.2 Å². The summed E-state index contributed by atoms with van der Waals surface area (Å²) >= 11 is 5.66. The van der Waals surface area contributed by atoms with Crippen LogP contribution in [0.1, 0.15) is 10.5 Å². The number of amides is 1. The highest BCUT2D eigenvalue weighted by atomic mass is 35.5. The van der Waals surface area contributed by atoms with E-state index in [0.29, 0.717) is 0 Å². The van der Waals surface area contributed by atoms with Crippen molar-refractivity contribution in [1.82, 2.24) is 10.3 Å². The number of oxime groups is 1. The van der Waals surface area contributed by atoms with Crippen LogP contribution < -0.4 is 15.8 Å². The van der Waals surface area contributed by atoms with Crippen LogP contribution in [0, 0.1) is 0 Å². The summed E-state index contributed by atoms with van der Waals surface area (Å²) in [5.74, 6) is -2.72. The fraction of sp³-hybridized carbons (Fsp3) is 0.417. The molecule has 0 fully saturated rings. The first-order valence-electron chi connectivity index (χ1n) is 6.63. The number of carbonyl (C=O) groups is 1. The van der Waals surface area contributed by atoms with Crippen molar-refractivity contribution < 1.29 is 36.3 Å². The Morgan fingerprint density at radius 2 is 2.15 bits per heavy atom. The number of aromatic nitrogens is 1. The molecule has 1 aromatic heterocycles. The summed E-state index contributed by atoms with van der Waals surface area (Å²) in [5.41, 5.74) is 4.91. The van der Waals surface area contributed by atoms with E-state index in [1.54, 1.807) is 0 Å². The zero-order valence-corrected chi connectivity index (χ0v) is 14.7. The summed E-state index contributed by atoms with van der Waals surface area (Å²) in [4.78, 5) is 15.8. The van der Waals surface area contributed by atoms with Gasteiger partial charge in [-0.3, -0.25) is 4.79 Å². The predicted octanol–water partition coefficient (Wildman–Crippen LogP) is 0.565. The minimum absolute atomic E-state index is 0.269. The number of rotatable bonds is 7. The van der Waals surface area contributed by atoms with Crippen molar-refractivity contribution in [3.05, 3.63) is 23.0 Å². The maximum atomic E-state index is 12.2. The highest BCUT2D eigenvalue weighted by Gasteiger charge is 2.29. The van der Waals surface area contributed by atoms with E-state index in [2.05, 4.69) is 20.2 Å². The highest BCUT2D eigenvalue weighted by molar-refractivity contribution is 7.90. The molecule has 14 heteroatoms. The lowest BCUT2D eigenvalue weighted by atomic mass is 10.2. The molecule has 0 aliphatic carbocycles. The molecular formula is C12H14ClF3N4O5S. The predicted molar refractivity (Wildman–Crippen MR) is 85.2 cm³/mol. The molecule has 0 saturated carbocycles. The molecule has 0 aromatic carbocycles. The molecule has 0 aliphatic heterocycles. The quantitative estimate of drug-likeness (QED) is 0.254. The van der Waals surface area contributed by atoms with Gasteiger partial charge in [0.25, 0.3) is 5.91 Å². The number of hydrogen-bond acceptors (Lipinski definition) is 7. The Morgan fingerprint density at radius 3 is 2.65 bits per heavy atom. The monoisotopic (exact) mass is 418 g/mol. The second kappa shape index (κ2) is 8.40. The van der Waals surface area contributed by atoms with Crippen molar-refractivity contribution in [2.75, 3.05) is 18.6 Å². The van der Waals surface area contributed by atoms with E-state index in [0.717, 1.165) is 18.5 Å². The summed E-state index contributed by atoms with van der Waals surface area (Å²) in [6, 6.07) is -0.549. The lowest BCUT2D eigenvalue weighted by molar-refractivity contribution is -0.153. The van der Waals surface area contributed by atoms with Gasteiger partial charge in [-0.05, 0) is 0 Å². The Kier molecular flexibility index (Phi) is 7.03. The van der Waals surface area contributed by atoms with Crippen molar-refractivity contribution in [2.24, 2.45) is 10.9 Å². The average Bonchev–Trinajstić information content (AvgIpc) is 2.50. The number of ether oxygens (including phenoxy) is 1. The molecule has 1 heterocycles. The normalized spacial score (nSPS) is 14.0. The van der Waals surface area contributed by atoms with Crippen molar-refractivity contribution in [2.45, 2.75) is 12.2 Å². The molecule has 1 rings (SSSR count). The van der Waals surface area contributed by atoms with Crippen LogP contribution in [0.15, 0.2) is 17.4 Å². The summed E-state index contributed by atoms with van der Waals surface area (Å²) in [6.07, 6.45) is -2.88. The summed E-state index contributed by atoms with van der Waals surface area (Å²) in [7, 11) is -3.62. The Balaban J connectivity index is 3.01. The van der Waals surface area contributed by atoms with Crippen LogP contribution >= 0.6 is 11.6 Å². The number of alkyl halides is 3. The Hall–Kier alpha value is -2.28. The van der Waals surface area contributed by atoms with Gasteiger partial charge < -0.3 is 21.0 Å². The minimum Gasteiger partial charge on any atom is -0.482 e. The summed E-state index contributed by atoms with van der Waals surface area (Å²) in [6.45, 7) is -1.64. The Labute approximate surface area is 150 Å². The van der Waals surface area contributed by atoms with Crippen LogP contribution in [-0.2, 0) is 9.84 Å². The lowest BCUT2D eigenvalue weighted by Gasteiger charge is -2.16. The first kappa shape index (κ1) is 21.8. The fourth-order valence-electron chi connectivity index (χ4n) is 1.62. The Bertz CT molecular complexity index is 801. The molecule has 9 nitrogen and oxygen atoms in total. The molecular weight excluding hydrogens is 405 g/mol. The van der Waals surface area contributed by atoms with E-state index in [-0.39, 0.29) is 5.02 Å². The fourth-order valence-corrected chi connectivity index (χ4v) is 2.64. The van der Waals surface area contributed by atoms with Gasteiger partial charge >= 0.3 is 6.18 Å². The first-order chi connectivity index (χ1) is 11.8. The van der Waals surface area contributed by atoms with Crippen LogP contribution in [0.25, 0.3) is 0 Å². The van der Waals surface area contributed by atoms with Gasteiger partial charge in [-0.25, -0.2) is 13.4 Å². The molecule has 1 unspecified atom stereocenters. The topological polar surface area (TPSA) is 144 Å². The van der Waals surface area contributed by atoms with Gasteiger partial charge in [0, 0.05) is 12.3 Å². The molecule has 4 N–H and O–H groups in total. The van der Waals surface area contributed by atoms with Crippen LogP contribution in [0.3, 0.4) is 0 Å². The zero-order chi connectivity index (χ0) is 20.1. The molecule has 0 saturated heterocycles. The number of nitrogens with zero attached hydrogens (tertiary/aromatic N) is 2. The number of amidine groups is 1. The van der Waals surface area contributed by atoms with E-state index in [1.807, 2.05) is 0 Å². The molecule has 1 atom stereocenters. The molecule has 1 aromatic rings. The maximum Gasteiger partial charge on any atom is 0.422 e. The minimum atomic E-state index is -4.62. The van der Waals surface area contributed by atoms with E-state index in [4.69, 9.17) is 22.5 Å². The molecule has 0 spiro atoms. The van der Waals surface area contributed by atoms with Gasteiger partial charge in [-0.2, -0.15) is 13.2 Å². The second-order valence-corrected chi connectivity index (χ2v) is 7.64. The van der Waals surface area contributed by atoms with Crippen molar-refractivity contribution in [3.63, 3.8) is 0 Å². The number of hydrogen-bond donors (Lipinski definition) is 3. The second-order valence-electron chi connectivity index (χ2n) is 5.05. The molecule has 0 aliphatic rings. The van der Waals surface area contributed by atoms with Gasteiger partial charge in [-0.15, -0.1) is 0 Å². The van der Waals surface area contributed by atoms with Gasteiger partial charge in [-0.1, -0.05) is 16.8 Å². The molecule has 26 heavy (non-hydrogen) atoms. The summed E-state index contributed by atoms with van der Waals surface area (Å²) in [5, 5.41) is 13.2. The van der Waals surface area contributed by atoms with Crippen molar-refractivity contribution >= 4 is 33.2 Å². The van der Waals surface area contributed by atoms with E-state index in [1.165, 1.54) is 0 Å². The molecule has 1 amide bonds. The Morgan fingerprint density at radius 1 is 1.54 bits per heavy atom. The highest BCUT2D eigenvalue weighted by Crippen LogP contribution is 2.26. The van der Waals surface area contributed by atoms with Crippen LogP contribution in [0.5, 0.6) is 5.75 Å². The van der Waals surface area contributed by atoms with Crippen molar-refractivity contribution in [3.8, 4) is 5.75 Å². The molecule has 146 valence electrons. The third-order valence-corrected chi connectivity index (χ3v) is 3.91. The largest absolute Gasteiger partial charge is 0.482 e. The molecule has 0 bridgehead atoms. The van der Waals surface area contributed by atoms with Crippen LogP contribution in [-0.4, -0.2) is 61.2 Å². The number of nitrogens with one attached hydrogen (secondary N) is 1. The smallest absolute Gasteiger partial charge is 0.422 e. The number of carbonyl (C=O) groups excluding carboxylic acids is 1. The van der Waals surface area contributed by atoms with Gasteiger partial charge in [0.2, 0.25) is 0 Å². The van der Waals surface area contributed by atoms with Crippen LogP contribution in [0.2, 0.25) is 5.02 Å². The number of nitrogens with two attached hydrogens (primary N) is 1.